The van der Waals surface area contributed by atoms with Crippen molar-refractivity contribution in [2.45, 2.75) is 34.1 Å². The van der Waals surface area contributed by atoms with Crippen molar-refractivity contribution in [3.05, 3.63) is 17.5 Å². The average Bonchev–Trinajstić information content (AvgIpc) is 2.36. The first-order valence-corrected chi connectivity index (χ1v) is 6.75. The van der Waals surface area contributed by atoms with E-state index in [-0.39, 0.29) is 12.0 Å². The number of aliphatic hydroxyl groups excluding tert-OH is 1. The van der Waals surface area contributed by atoms with E-state index in [1.54, 1.807) is 13.8 Å². The predicted octanol–water partition coefficient (Wildman–Crippen LogP) is 1.78. The first kappa shape index (κ1) is 16.4. The molecule has 0 saturated heterocycles. The predicted molar refractivity (Wildman–Crippen MR) is 76.7 cm³/mol. The van der Waals surface area contributed by atoms with Gasteiger partial charge in [-0.15, -0.1) is 0 Å². The summed E-state index contributed by atoms with van der Waals surface area (Å²) in [5.41, 5.74) is 0.916. The molecule has 0 saturated carbocycles. The van der Waals surface area contributed by atoms with Gasteiger partial charge in [-0.1, -0.05) is 13.8 Å². The lowest BCUT2D eigenvalue weighted by Gasteiger charge is -2.23. The standard InChI is InChI=1S/C14H23N3O3/c1-5-20-12(19)11-8-15-13(17-10(11)2)16-9-14(3,4)6-7-18/h8,18H,5-7,9H2,1-4H3,(H,15,16,17). The Morgan fingerprint density at radius 1 is 1.50 bits per heavy atom. The molecule has 1 aromatic rings. The number of carbonyl (C=O) groups excluding carboxylic acids is 1. The maximum atomic E-state index is 11.6. The second-order valence-electron chi connectivity index (χ2n) is 5.40. The van der Waals surface area contributed by atoms with Gasteiger partial charge in [0.2, 0.25) is 5.95 Å². The average molecular weight is 281 g/mol. The van der Waals surface area contributed by atoms with Crippen LogP contribution in [0.5, 0.6) is 0 Å². The van der Waals surface area contributed by atoms with Crippen molar-refractivity contribution in [3.8, 4) is 0 Å². The number of aromatic nitrogens is 2. The van der Waals surface area contributed by atoms with Crippen LogP contribution < -0.4 is 5.32 Å². The Balaban J connectivity index is 2.70. The molecule has 20 heavy (non-hydrogen) atoms. The van der Waals surface area contributed by atoms with Gasteiger partial charge in [0.25, 0.3) is 0 Å². The molecular formula is C14H23N3O3. The molecule has 1 heterocycles. The van der Waals surface area contributed by atoms with Crippen molar-refractivity contribution in [1.29, 1.82) is 0 Å². The van der Waals surface area contributed by atoms with E-state index in [9.17, 15) is 4.79 Å². The van der Waals surface area contributed by atoms with E-state index in [1.165, 1.54) is 6.20 Å². The van der Waals surface area contributed by atoms with Crippen molar-refractivity contribution in [1.82, 2.24) is 9.97 Å². The van der Waals surface area contributed by atoms with Crippen molar-refractivity contribution < 1.29 is 14.6 Å². The van der Waals surface area contributed by atoms with Crippen molar-refractivity contribution in [2.75, 3.05) is 25.1 Å². The maximum absolute atomic E-state index is 11.6. The highest BCUT2D eigenvalue weighted by Crippen LogP contribution is 2.20. The van der Waals surface area contributed by atoms with E-state index in [4.69, 9.17) is 9.84 Å². The number of esters is 1. The lowest BCUT2D eigenvalue weighted by molar-refractivity contribution is 0.0524. The molecule has 0 bridgehead atoms. The van der Waals surface area contributed by atoms with E-state index in [2.05, 4.69) is 29.1 Å². The van der Waals surface area contributed by atoms with E-state index >= 15 is 0 Å². The van der Waals surface area contributed by atoms with Gasteiger partial charge >= 0.3 is 5.97 Å². The molecule has 0 aliphatic heterocycles. The van der Waals surface area contributed by atoms with Crippen molar-refractivity contribution in [3.63, 3.8) is 0 Å². The lowest BCUT2D eigenvalue weighted by atomic mass is 9.90. The number of rotatable bonds is 7. The van der Waals surface area contributed by atoms with E-state index in [0.717, 1.165) is 0 Å². The van der Waals surface area contributed by atoms with Crippen LogP contribution in [0.25, 0.3) is 0 Å². The summed E-state index contributed by atoms with van der Waals surface area (Å²) in [5, 5.41) is 12.1. The fraction of sp³-hybridized carbons (Fsp3) is 0.643. The van der Waals surface area contributed by atoms with Crippen LogP contribution in [0.3, 0.4) is 0 Å². The topological polar surface area (TPSA) is 84.3 Å². The Bertz CT molecular complexity index is 461. The normalized spacial score (nSPS) is 11.2. The highest BCUT2D eigenvalue weighted by atomic mass is 16.5. The smallest absolute Gasteiger partial charge is 0.341 e. The molecule has 1 rings (SSSR count). The minimum atomic E-state index is -0.405. The summed E-state index contributed by atoms with van der Waals surface area (Å²) in [5.74, 6) is 0.0683. The zero-order valence-electron chi connectivity index (χ0n) is 12.6. The summed E-state index contributed by atoms with van der Waals surface area (Å²) < 4.78 is 4.93. The summed E-state index contributed by atoms with van der Waals surface area (Å²) in [6.45, 7) is 8.73. The number of hydrogen-bond donors (Lipinski definition) is 2. The number of anilines is 1. The highest BCUT2D eigenvalue weighted by molar-refractivity contribution is 5.90. The van der Waals surface area contributed by atoms with Gasteiger partial charge in [0.05, 0.1) is 17.9 Å². The Hall–Kier alpha value is -1.69. The Morgan fingerprint density at radius 3 is 2.75 bits per heavy atom. The third kappa shape index (κ3) is 4.77. The first-order valence-electron chi connectivity index (χ1n) is 6.75. The van der Waals surface area contributed by atoms with E-state index in [1.807, 2.05) is 0 Å². The zero-order valence-corrected chi connectivity index (χ0v) is 12.6. The Labute approximate surface area is 119 Å². The largest absolute Gasteiger partial charge is 0.462 e. The minimum absolute atomic E-state index is 0.0498. The SMILES string of the molecule is CCOC(=O)c1cnc(NCC(C)(C)CCO)nc1C. The highest BCUT2D eigenvalue weighted by Gasteiger charge is 2.18. The lowest BCUT2D eigenvalue weighted by Crippen LogP contribution is -2.25. The summed E-state index contributed by atoms with van der Waals surface area (Å²) in [4.78, 5) is 20.0. The molecule has 0 aliphatic rings. The third-order valence-corrected chi connectivity index (χ3v) is 2.99. The van der Waals surface area contributed by atoms with Gasteiger partial charge in [0.15, 0.2) is 0 Å². The van der Waals surface area contributed by atoms with Gasteiger partial charge < -0.3 is 15.2 Å². The molecule has 0 spiro atoms. The number of carbonyl (C=O) groups is 1. The molecule has 2 N–H and O–H groups in total. The molecule has 0 fully saturated rings. The zero-order chi connectivity index (χ0) is 15.2. The quantitative estimate of drug-likeness (QED) is 0.741. The number of ether oxygens (including phenoxy) is 1. The minimum Gasteiger partial charge on any atom is -0.462 e. The monoisotopic (exact) mass is 281 g/mol. The van der Waals surface area contributed by atoms with Crippen molar-refractivity contribution in [2.24, 2.45) is 5.41 Å². The Morgan fingerprint density at radius 2 is 2.20 bits per heavy atom. The summed E-state index contributed by atoms with van der Waals surface area (Å²) in [7, 11) is 0. The van der Waals surface area contributed by atoms with Gasteiger partial charge in [-0.2, -0.15) is 0 Å². The molecular weight excluding hydrogens is 258 g/mol. The number of aliphatic hydroxyl groups is 1. The third-order valence-electron chi connectivity index (χ3n) is 2.99. The molecule has 0 aliphatic carbocycles. The second kappa shape index (κ2) is 7.19. The molecule has 0 aromatic carbocycles. The first-order chi connectivity index (χ1) is 9.39. The Kier molecular flexibility index (Phi) is 5.88. The molecule has 0 atom stereocenters. The van der Waals surface area contributed by atoms with Gasteiger partial charge in [-0.25, -0.2) is 14.8 Å². The summed E-state index contributed by atoms with van der Waals surface area (Å²) in [6.07, 6.45) is 2.17. The molecule has 6 heteroatoms. The summed E-state index contributed by atoms with van der Waals surface area (Å²) in [6, 6.07) is 0. The number of nitrogens with zero attached hydrogens (tertiary/aromatic N) is 2. The molecule has 0 amide bonds. The fourth-order valence-corrected chi connectivity index (χ4v) is 1.67. The van der Waals surface area contributed by atoms with Crippen LogP contribution in [0.4, 0.5) is 5.95 Å². The van der Waals surface area contributed by atoms with Gasteiger partial charge in [0.1, 0.15) is 0 Å². The molecule has 112 valence electrons. The van der Waals surface area contributed by atoms with Crippen LogP contribution in [0.1, 0.15) is 43.2 Å². The molecule has 0 radical (unpaired) electrons. The van der Waals surface area contributed by atoms with Gasteiger partial charge in [-0.05, 0) is 25.7 Å². The van der Waals surface area contributed by atoms with E-state index in [0.29, 0.717) is 36.8 Å². The number of hydrogen-bond acceptors (Lipinski definition) is 6. The van der Waals surface area contributed by atoms with Crippen LogP contribution in [0.2, 0.25) is 0 Å². The summed E-state index contributed by atoms with van der Waals surface area (Å²) >= 11 is 0. The molecule has 1 aromatic heterocycles. The molecule has 6 nitrogen and oxygen atoms in total. The number of aryl methyl sites for hydroxylation is 1. The van der Waals surface area contributed by atoms with Gasteiger partial charge in [-0.3, -0.25) is 0 Å². The molecule has 0 unspecified atom stereocenters. The fourth-order valence-electron chi connectivity index (χ4n) is 1.67. The second-order valence-corrected chi connectivity index (χ2v) is 5.40. The van der Waals surface area contributed by atoms with Crippen LogP contribution >= 0.6 is 0 Å². The van der Waals surface area contributed by atoms with Crippen LogP contribution in [-0.2, 0) is 4.74 Å². The van der Waals surface area contributed by atoms with Crippen LogP contribution in [0, 0.1) is 12.3 Å². The van der Waals surface area contributed by atoms with Crippen molar-refractivity contribution >= 4 is 11.9 Å². The van der Waals surface area contributed by atoms with Crippen LogP contribution in [0.15, 0.2) is 6.20 Å². The maximum Gasteiger partial charge on any atom is 0.341 e. The van der Waals surface area contributed by atoms with E-state index < -0.39 is 5.97 Å². The van der Waals surface area contributed by atoms with Gasteiger partial charge in [0, 0.05) is 19.3 Å². The van der Waals surface area contributed by atoms with Crippen LogP contribution in [-0.4, -0.2) is 40.8 Å². The number of nitrogens with one attached hydrogen (secondary N) is 1.